The fraction of sp³-hybridized carbons (Fsp3) is 0.0833. The second kappa shape index (κ2) is 5.21. The van der Waals surface area contributed by atoms with Crippen LogP contribution >= 0.6 is 0 Å². The molecule has 1 aromatic heterocycles. The van der Waals surface area contributed by atoms with Gasteiger partial charge in [0.15, 0.2) is 0 Å². The van der Waals surface area contributed by atoms with Crippen molar-refractivity contribution >= 4 is 17.6 Å². The smallest absolute Gasteiger partial charge is 0.318 e. The highest BCUT2D eigenvalue weighted by atomic mass is 16.2. The number of hydrogen-bond acceptors (Lipinski definition) is 4. The molecule has 0 aliphatic rings. The molecule has 98 valence electrons. The van der Waals surface area contributed by atoms with Crippen LogP contribution in [0.3, 0.4) is 0 Å². The van der Waals surface area contributed by atoms with E-state index in [0.29, 0.717) is 5.69 Å². The number of rotatable bonds is 3. The number of nitrogens with one attached hydrogen (secondary N) is 1. The van der Waals surface area contributed by atoms with Crippen LogP contribution in [0.1, 0.15) is 0 Å². The van der Waals surface area contributed by atoms with E-state index >= 15 is 0 Å². The molecule has 2 aromatic rings. The van der Waals surface area contributed by atoms with Crippen molar-refractivity contribution in [3.63, 3.8) is 0 Å². The van der Waals surface area contributed by atoms with Gasteiger partial charge in [0, 0.05) is 17.4 Å². The highest BCUT2D eigenvalue weighted by Gasteiger charge is 2.07. The molecule has 7 nitrogen and oxygen atoms in total. The molecule has 3 amide bonds. The van der Waals surface area contributed by atoms with E-state index in [-0.39, 0.29) is 6.54 Å². The van der Waals surface area contributed by atoms with Crippen molar-refractivity contribution in [3.8, 4) is 11.1 Å². The number of amides is 3. The molecule has 0 radical (unpaired) electrons. The Bertz CT molecular complexity index is 620. The van der Waals surface area contributed by atoms with E-state index < -0.39 is 11.9 Å². The molecule has 0 bridgehead atoms. The number of carbonyl (C=O) groups excluding carboxylic acids is 2. The first-order chi connectivity index (χ1) is 9.04. The minimum atomic E-state index is -0.881. The summed E-state index contributed by atoms with van der Waals surface area (Å²) in [4.78, 5) is 21.8. The number of urea groups is 1. The van der Waals surface area contributed by atoms with E-state index in [1.807, 2.05) is 23.5 Å². The maximum Gasteiger partial charge on any atom is 0.318 e. The fourth-order valence-corrected chi connectivity index (χ4v) is 1.64. The first-order valence-electron chi connectivity index (χ1n) is 5.52. The summed E-state index contributed by atoms with van der Waals surface area (Å²) in [5.74, 6) is -0.519. The Morgan fingerprint density at radius 3 is 2.79 bits per heavy atom. The van der Waals surface area contributed by atoms with Crippen LogP contribution in [-0.2, 0) is 11.3 Å². The summed E-state index contributed by atoms with van der Waals surface area (Å²) in [6.45, 7) is -0.0781. The fourth-order valence-electron chi connectivity index (χ4n) is 1.64. The Morgan fingerprint density at radius 1 is 1.32 bits per heavy atom. The van der Waals surface area contributed by atoms with Crippen LogP contribution in [0.5, 0.6) is 0 Å². The first-order valence-corrected chi connectivity index (χ1v) is 5.52. The minimum Gasteiger partial charge on any atom is -0.399 e. The topological polar surface area (TPSA) is 116 Å². The molecule has 0 saturated carbocycles. The molecule has 7 heteroatoms. The van der Waals surface area contributed by atoms with Crippen LogP contribution in [0, 0.1) is 0 Å². The van der Waals surface area contributed by atoms with E-state index in [4.69, 9.17) is 11.5 Å². The maximum absolute atomic E-state index is 11.3. The molecule has 0 saturated heterocycles. The quantitative estimate of drug-likeness (QED) is 0.688. The van der Waals surface area contributed by atoms with E-state index in [9.17, 15) is 9.59 Å². The molecule has 0 spiro atoms. The number of primary amides is 1. The summed E-state index contributed by atoms with van der Waals surface area (Å²) in [7, 11) is 0. The van der Waals surface area contributed by atoms with Crippen molar-refractivity contribution in [2.45, 2.75) is 6.54 Å². The lowest BCUT2D eigenvalue weighted by Gasteiger charge is -2.01. The Labute approximate surface area is 109 Å². The van der Waals surface area contributed by atoms with E-state index in [2.05, 4.69) is 5.10 Å². The van der Waals surface area contributed by atoms with E-state index in [0.717, 1.165) is 11.1 Å². The molecule has 0 aliphatic carbocycles. The molecule has 1 aromatic carbocycles. The highest BCUT2D eigenvalue weighted by Crippen LogP contribution is 2.20. The van der Waals surface area contributed by atoms with Gasteiger partial charge in [-0.15, -0.1) is 0 Å². The highest BCUT2D eigenvalue weighted by molar-refractivity contribution is 5.93. The van der Waals surface area contributed by atoms with Gasteiger partial charge in [0.05, 0.1) is 6.20 Å². The normalized spacial score (nSPS) is 10.1. The standard InChI is InChI=1S/C12H13N5O2/c13-10-3-1-2-8(4-10)9-5-15-17(6-9)7-11(18)16-12(14)19/h1-6H,7,13H2,(H3,14,16,18,19). The van der Waals surface area contributed by atoms with Gasteiger partial charge in [0.25, 0.3) is 0 Å². The van der Waals surface area contributed by atoms with E-state index in [1.165, 1.54) is 4.68 Å². The predicted molar refractivity (Wildman–Crippen MR) is 69.8 cm³/mol. The van der Waals surface area contributed by atoms with Crippen LogP contribution in [-0.4, -0.2) is 21.7 Å². The zero-order valence-electron chi connectivity index (χ0n) is 10.0. The molecule has 0 unspecified atom stereocenters. The van der Waals surface area contributed by atoms with Crippen molar-refractivity contribution in [3.05, 3.63) is 36.7 Å². The number of nitrogens with zero attached hydrogens (tertiary/aromatic N) is 2. The summed E-state index contributed by atoms with van der Waals surface area (Å²) in [5.41, 5.74) is 12.9. The first kappa shape index (κ1) is 12.6. The maximum atomic E-state index is 11.3. The average molecular weight is 259 g/mol. The number of hydrogen-bond donors (Lipinski definition) is 3. The Kier molecular flexibility index (Phi) is 3.46. The van der Waals surface area contributed by atoms with Gasteiger partial charge in [0.2, 0.25) is 5.91 Å². The van der Waals surface area contributed by atoms with Gasteiger partial charge in [0.1, 0.15) is 6.54 Å². The predicted octanol–water partition coefficient (Wildman–Crippen LogP) is 0.327. The lowest BCUT2D eigenvalue weighted by molar-refractivity contribution is -0.120. The number of aromatic nitrogens is 2. The molecule has 0 atom stereocenters. The minimum absolute atomic E-state index is 0.0781. The summed E-state index contributed by atoms with van der Waals surface area (Å²) in [6.07, 6.45) is 3.31. The zero-order valence-corrected chi connectivity index (χ0v) is 10.0. The number of nitrogen functional groups attached to an aromatic ring is 1. The Hall–Kier alpha value is -2.83. The number of carbonyl (C=O) groups is 2. The summed E-state index contributed by atoms with van der Waals surface area (Å²) in [5, 5.41) is 6.00. The second-order valence-electron chi connectivity index (χ2n) is 3.96. The largest absolute Gasteiger partial charge is 0.399 e. The van der Waals surface area contributed by atoms with Gasteiger partial charge < -0.3 is 11.5 Å². The third kappa shape index (κ3) is 3.32. The SMILES string of the molecule is NC(=O)NC(=O)Cn1cc(-c2cccc(N)c2)cn1. The average Bonchev–Trinajstić information content (AvgIpc) is 2.76. The Balaban J connectivity index is 2.11. The second-order valence-corrected chi connectivity index (χ2v) is 3.96. The van der Waals surface area contributed by atoms with Crippen LogP contribution < -0.4 is 16.8 Å². The van der Waals surface area contributed by atoms with Gasteiger partial charge in [-0.05, 0) is 17.7 Å². The van der Waals surface area contributed by atoms with Gasteiger partial charge in [-0.2, -0.15) is 5.10 Å². The molecular weight excluding hydrogens is 246 g/mol. The van der Waals surface area contributed by atoms with Crippen LogP contribution in [0.4, 0.5) is 10.5 Å². The summed E-state index contributed by atoms with van der Waals surface area (Å²) >= 11 is 0. The molecule has 19 heavy (non-hydrogen) atoms. The lowest BCUT2D eigenvalue weighted by Crippen LogP contribution is -2.37. The molecule has 0 aliphatic heterocycles. The van der Waals surface area contributed by atoms with Gasteiger partial charge >= 0.3 is 6.03 Å². The summed E-state index contributed by atoms with van der Waals surface area (Å²) < 4.78 is 1.41. The number of anilines is 1. The zero-order chi connectivity index (χ0) is 13.8. The van der Waals surface area contributed by atoms with Crippen molar-refractivity contribution in [1.82, 2.24) is 15.1 Å². The van der Waals surface area contributed by atoms with Crippen molar-refractivity contribution in [1.29, 1.82) is 0 Å². The Morgan fingerprint density at radius 2 is 2.11 bits per heavy atom. The molecule has 0 fully saturated rings. The van der Waals surface area contributed by atoms with Crippen molar-refractivity contribution < 1.29 is 9.59 Å². The third-order valence-electron chi connectivity index (χ3n) is 2.42. The molecule has 5 N–H and O–H groups in total. The third-order valence-corrected chi connectivity index (χ3v) is 2.42. The summed E-state index contributed by atoms with van der Waals surface area (Å²) in [6, 6.07) is 6.44. The van der Waals surface area contributed by atoms with Crippen molar-refractivity contribution in [2.24, 2.45) is 5.73 Å². The lowest BCUT2D eigenvalue weighted by atomic mass is 10.1. The molecular formula is C12H13N5O2. The number of imide groups is 1. The number of benzene rings is 1. The molecule has 1 heterocycles. The molecule has 2 rings (SSSR count). The van der Waals surface area contributed by atoms with Crippen molar-refractivity contribution in [2.75, 3.05) is 5.73 Å². The van der Waals surface area contributed by atoms with Crippen LogP contribution in [0.15, 0.2) is 36.7 Å². The van der Waals surface area contributed by atoms with E-state index in [1.54, 1.807) is 18.5 Å². The van der Waals surface area contributed by atoms with Gasteiger partial charge in [-0.3, -0.25) is 14.8 Å². The monoisotopic (exact) mass is 259 g/mol. The van der Waals surface area contributed by atoms with Gasteiger partial charge in [-0.1, -0.05) is 12.1 Å². The van der Waals surface area contributed by atoms with Crippen LogP contribution in [0.2, 0.25) is 0 Å². The van der Waals surface area contributed by atoms with Crippen LogP contribution in [0.25, 0.3) is 11.1 Å². The van der Waals surface area contributed by atoms with Gasteiger partial charge in [-0.25, -0.2) is 4.79 Å². The number of nitrogens with two attached hydrogens (primary N) is 2.